The predicted molar refractivity (Wildman–Crippen MR) is 47.5 cm³/mol. The first kappa shape index (κ1) is 10.9. The Morgan fingerprint density at radius 2 is 1.91 bits per heavy atom. The van der Waals surface area contributed by atoms with Crippen molar-refractivity contribution in [2.45, 2.75) is 19.8 Å². The summed E-state index contributed by atoms with van der Waals surface area (Å²) < 4.78 is 21.3. The van der Waals surface area contributed by atoms with Gasteiger partial charge in [0.25, 0.3) is 0 Å². The van der Waals surface area contributed by atoms with Crippen molar-refractivity contribution in [3.63, 3.8) is 0 Å². The lowest BCUT2D eigenvalue weighted by atomic mass is 10.3. The van der Waals surface area contributed by atoms with E-state index in [1.807, 2.05) is 6.92 Å². The van der Waals surface area contributed by atoms with Crippen molar-refractivity contribution < 1.29 is 8.42 Å². The van der Waals surface area contributed by atoms with Gasteiger partial charge in [0.1, 0.15) is 9.84 Å². The minimum absolute atomic E-state index is 0.318. The molecule has 0 atom stereocenters. The maximum atomic E-state index is 10.6. The summed E-state index contributed by atoms with van der Waals surface area (Å²) in [5.41, 5.74) is 0. The maximum absolute atomic E-state index is 10.6. The molecular formula is C7H17NO2S. The topological polar surface area (TPSA) is 46.2 Å². The number of rotatable bonds is 6. The molecule has 0 spiro atoms. The van der Waals surface area contributed by atoms with Crippen LogP contribution in [0.2, 0.25) is 0 Å². The van der Waals surface area contributed by atoms with Gasteiger partial charge in [0.05, 0.1) is 0 Å². The number of sulfone groups is 1. The molecule has 0 aliphatic carbocycles. The minimum atomic E-state index is -2.74. The molecule has 0 unspecified atom stereocenters. The summed E-state index contributed by atoms with van der Waals surface area (Å²) in [6, 6.07) is 0. The van der Waals surface area contributed by atoms with Crippen molar-refractivity contribution in [3.8, 4) is 0 Å². The van der Waals surface area contributed by atoms with Gasteiger partial charge in [-0.25, -0.2) is 8.42 Å². The third-order valence-corrected chi connectivity index (χ3v) is 2.40. The highest BCUT2D eigenvalue weighted by atomic mass is 32.2. The van der Waals surface area contributed by atoms with Crippen molar-refractivity contribution in [3.05, 3.63) is 0 Å². The van der Waals surface area contributed by atoms with Crippen LogP contribution >= 0.6 is 0 Å². The van der Waals surface area contributed by atoms with Crippen LogP contribution in [-0.2, 0) is 9.84 Å². The van der Waals surface area contributed by atoms with E-state index in [0.717, 1.165) is 25.9 Å². The number of hydrogen-bond acceptors (Lipinski definition) is 3. The van der Waals surface area contributed by atoms with Gasteiger partial charge in [-0.3, -0.25) is 0 Å². The van der Waals surface area contributed by atoms with Gasteiger partial charge in [-0.05, 0) is 25.9 Å². The molecule has 0 aliphatic heterocycles. The number of nitrogens with one attached hydrogen (secondary N) is 1. The van der Waals surface area contributed by atoms with Gasteiger partial charge < -0.3 is 5.32 Å². The lowest BCUT2D eigenvalue weighted by Gasteiger charge is -1.99. The third kappa shape index (κ3) is 9.91. The Morgan fingerprint density at radius 3 is 2.36 bits per heavy atom. The van der Waals surface area contributed by atoms with Crippen LogP contribution in [0.1, 0.15) is 19.8 Å². The van der Waals surface area contributed by atoms with Crippen LogP contribution in [0.25, 0.3) is 0 Å². The van der Waals surface area contributed by atoms with E-state index in [1.165, 1.54) is 6.26 Å². The highest BCUT2D eigenvalue weighted by Crippen LogP contribution is 1.92. The summed E-state index contributed by atoms with van der Waals surface area (Å²) in [5.74, 6) is 0.318. The van der Waals surface area contributed by atoms with E-state index >= 15 is 0 Å². The summed E-state index contributed by atoms with van der Waals surface area (Å²) >= 11 is 0. The average Bonchev–Trinajstić information content (AvgIpc) is 1.85. The van der Waals surface area contributed by atoms with E-state index in [2.05, 4.69) is 5.32 Å². The molecule has 3 nitrogen and oxygen atoms in total. The van der Waals surface area contributed by atoms with Gasteiger partial charge in [-0.1, -0.05) is 6.92 Å². The van der Waals surface area contributed by atoms with Crippen molar-refractivity contribution in [2.24, 2.45) is 0 Å². The second kappa shape index (κ2) is 5.55. The minimum Gasteiger partial charge on any atom is -0.317 e. The molecule has 0 aromatic heterocycles. The fourth-order valence-corrected chi connectivity index (χ4v) is 1.52. The zero-order valence-electron chi connectivity index (χ0n) is 7.26. The first-order chi connectivity index (χ1) is 5.06. The summed E-state index contributed by atoms with van der Waals surface area (Å²) in [5, 5.41) is 3.14. The summed E-state index contributed by atoms with van der Waals surface area (Å²) in [6.45, 7) is 3.92. The van der Waals surface area contributed by atoms with Gasteiger partial charge in [0.2, 0.25) is 0 Å². The summed E-state index contributed by atoms with van der Waals surface area (Å²) in [6.07, 6.45) is 2.99. The summed E-state index contributed by atoms with van der Waals surface area (Å²) in [7, 11) is -2.74. The van der Waals surface area contributed by atoms with Crippen LogP contribution in [0.5, 0.6) is 0 Å². The van der Waals surface area contributed by atoms with Crippen molar-refractivity contribution >= 4 is 9.84 Å². The third-order valence-electron chi connectivity index (χ3n) is 1.37. The van der Waals surface area contributed by atoms with Crippen molar-refractivity contribution in [1.29, 1.82) is 0 Å². The molecule has 1 N–H and O–H groups in total. The molecule has 0 heterocycles. The van der Waals surface area contributed by atoms with Gasteiger partial charge in [0, 0.05) is 12.0 Å². The van der Waals surface area contributed by atoms with E-state index < -0.39 is 9.84 Å². The Kier molecular flexibility index (Phi) is 5.50. The van der Waals surface area contributed by atoms with Crippen LogP contribution in [0.15, 0.2) is 0 Å². The number of unbranched alkanes of at least 4 members (excludes halogenated alkanes) is 1. The van der Waals surface area contributed by atoms with Crippen molar-refractivity contribution in [1.82, 2.24) is 5.32 Å². The molecule has 0 radical (unpaired) electrons. The van der Waals surface area contributed by atoms with Crippen LogP contribution in [0.4, 0.5) is 0 Å². The van der Waals surface area contributed by atoms with E-state index in [9.17, 15) is 8.42 Å². The fourth-order valence-electron chi connectivity index (χ4n) is 0.791. The molecule has 0 saturated heterocycles. The highest BCUT2D eigenvalue weighted by Gasteiger charge is 1.99. The van der Waals surface area contributed by atoms with Crippen LogP contribution in [-0.4, -0.2) is 33.5 Å². The predicted octanol–water partition coefficient (Wildman–Crippen LogP) is 0.421. The Hall–Kier alpha value is -0.0900. The molecule has 4 heteroatoms. The van der Waals surface area contributed by atoms with Gasteiger partial charge in [0.15, 0.2) is 0 Å². The van der Waals surface area contributed by atoms with E-state index in [0.29, 0.717) is 5.75 Å². The Balaban J connectivity index is 3.16. The molecule has 0 bridgehead atoms. The fraction of sp³-hybridized carbons (Fsp3) is 1.00. The van der Waals surface area contributed by atoms with Crippen LogP contribution in [0.3, 0.4) is 0 Å². The molecule has 0 aromatic rings. The second-order valence-corrected chi connectivity index (χ2v) is 4.95. The Bertz CT molecular complexity index is 175. The van der Waals surface area contributed by atoms with E-state index in [4.69, 9.17) is 0 Å². The molecular weight excluding hydrogens is 162 g/mol. The lowest BCUT2D eigenvalue weighted by Crippen LogP contribution is -2.15. The quantitative estimate of drug-likeness (QED) is 0.601. The zero-order chi connectivity index (χ0) is 8.74. The SMILES string of the molecule is CCNCCCCS(C)(=O)=O. The lowest BCUT2D eigenvalue weighted by molar-refractivity contribution is 0.594. The van der Waals surface area contributed by atoms with Gasteiger partial charge in [-0.2, -0.15) is 0 Å². The summed E-state index contributed by atoms with van der Waals surface area (Å²) in [4.78, 5) is 0. The maximum Gasteiger partial charge on any atom is 0.147 e. The molecule has 0 aromatic carbocycles. The first-order valence-electron chi connectivity index (χ1n) is 3.94. The van der Waals surface area contributed by atoms with E-state index in [-0.39, 0.29) is 0 Å². The molecule has 0 rings (SSSR count). The van der Waals surface area contributed by atoms with Gasteiger partial charge in [-0.15, -0.1) is 0 Å². The Labute approximate surface area is 69.1 Å². The standard InChI is InChI=1S/C7H17NO2S/c1-3-8-6-4-5-7-11(2,9)10/h8H,3-7H2,1-2H3. The molecule has 0 amide bonds. The largest absolute Gasteiger partial charge is 0.317 e. The average molecular weight is 179 g/mol. The molecule has 0 aliphatic rings. The monoisotopic (exact) mass is 179 g/mol. The number of hydrogen-bond donors (Lipinski definition) is 1. The first-order valence-corrected chi connectivity index (χ1v) is 6.00. The molecule has 11 heavy (non-hydrogen) atoms. The van der Waals surface area contributed by atoms with E-state index in [1.54, 1.807) is 0 Å². The molecule has 0 saturated carbocycles. The van der Waals surface area contributed by atoms with Crippen molar-refractivity contribution in [2.75, 3.05) is 25.1 Å². The second-order valence-electron chi connectivity index (χ2n) is 2.69. The molecule has 0 fully saturated rings. The normalized spacial score (nSPS) is 11.8. The zero-order valence-corrected chi connectivity index (χ0v) is 8.08. The highest BCUT2D eigenvalue weighted by molar-refractivity contribution is 7.90. The van der Waals surface area contributed by atoms with Crippen LogP contribution < -0.4 is 5.32 Å². The van der Waals surface area contributed by atoms with Crippen LogP contribution in [0, 0.1) is 0 Å². The smallest absolute Gasteiger partial charge is 0.147 e. The van der Waals surface area contributed by atoms with Gasteiger partial charge >= 0.3 is 0 Å². The Morgan fingerprint density at radius 1 is 1.27 bits per heavy atom. The molecule has 68 valence electrons.